The SMILES string of the molecule is Cn1cccc1C(=O)N1CCc2ccc(O)cc2C1. The van der Waals surface area contributed by atoms with Crippen LogP contribution in [0.3, 0.4) is 0 Å². The highest BCUT2D eigenvalue weighted by Crippen LogP contribution is 2.24. The fourth-order valence-electron chi connectivity index (χ4n) is 2.56. The lowest BCUT2D eigenvalue weighted by molar-refractivity contribution is 0.0725. The third-order valence-electron chi connectivity index (χ3n) is 3.65. The van der Waals surface area contributed by atoms with Gasteiger partial charge in [-0.05, 0) is 41.8 Å². The molecule has 3 rings (SSSR count). The Bertz CT molecular complexity index is 631. The zero-order valence-electron chi connectivity index (χ0n) is 10.8. The highest BCUT2D eigenvalue weighted by atomic mass is 16.3. The van der Waals surface area contributed by atoms with Gasteiger partial charge in [0.15, 0.2) is 0 Å². The molecule has 4 heteroatoms. The Labute approximate surface area is 111 Å². The Morgan fingerprint density at radius 1 is 1.26 bits per heavy atom. The summed E-state index contributed by atoms with van der Waals surface area (Å²) < 4.78 is 1.83. The van der Waals surface area contributed by atoms with Gasteiger partial charge >= 0.3 is 0 Å². The second-order valence-electron chi connectivity index (χ2n) is 4.93. The van der Waals surface area contributed by atoms with Crippen molar-refractivity contribution in [2.75, 3.05) is 6.54 Å². The van der Waals surface area contributed by atoms with Crippen molar-refractivity contribution in [2.24, 2.45) is 7.05 Å². The quantitative estimate of drug-likeness (QED) is 0.847. The second kappa shape index (κ2) is 4.46. The Hall–Kier alpha value is -2.23. The molecule has 0 aliphatic carbocycles. The van der Waals surface area contributed by atoms with E-state index in [9.17, 15) is 9.90 Å². The minimum Gasteiger partial charge on any atom is -0.508 e. The molecule has 4 nitrogen and oxygen atoms in total. The first-order chi connectivity index (χ1) is 9.15. The average Bonchev–Trinajstić information content (AvgIpc) is 2.83. The zero-order chi connectivity index (χ0) is 13.4. The summed E-state index contributed by atoms with van der Waals surface area (Å²) in [6.45, 7) is 1.29. The summed E-state index contributed by atoms with van der Waals surface area (Å²) in [5.41, 5.74) is 2.95. The van der Waals surface area contributed by atoms with E-state index in [-0.39, 0.29) is 11.7 Å². The Balaban J connectivity index is 1.86. The highest BCUT2D eigenvalue weighted by molar-refractivity contribution is 5.92. The monoisotopic (exact) mass is 256 g/mol. The van der Waals surface area contributed by atoms with Gasteiger partial charge in [0, 0.05) is 26.3 Å². The molecule has 0 spiro atoms. The molecule has 1 aromatic carbocycles. The number of hydrogen-bond donors (Lipinski definition) is 1. The number of fused-ring (bicyclic) bond motifs is 1. The molecule has 0 radical (unpaired) electrons. The minimum absolute atomic E-state index is 0.0430. The maximum absolute atomic E-state index is 12.4. The Kier molecular flexibility index (Phi) is 2.78. The van der Waals surface area contributed by atoms with E-state index in [0.29, 0.717) is 12.2 Å². The fraction of sp³-hybridized carbons (Fsp3) is 0.267. The molecule has 1 N–H and O–H groups in total. The lowest BCUT2D eigenvalue weighted by Crippen LogP contribution is -2.36. The maximum Gasteiger partial charge on any atom is 0.270 e. The van der Waals surface area contributed by atoms with Gasteiger partial charge in [-0.15, -0.1) is 0 Å². The highest BCUT2D eigenvalue weighted by Gasteiger charge is 2.23. The van der Waals surface area contributed by atoms with Crippen LogP contribution in [0.2, 0.25) is 0 Å². The van der Waals surface area contributed by atoms with E-state index in [2.05, 4.69) is 0 Å². The summed E-state index contributed by atoms with van der Waals surface area (Å²) >= 11 is 0. The number of aryl methyl sites for hydroxylation is 1. The van der Waals surface area contributed by atoms with Crippen LogP contribution in [0.5, 0.6) is 5.75 Å². The van der Waals surface area contributed by atoms with Gasteiger partial charge in [0.2, 0.25) is 0 Å². The van der Waals surface area contributed by atoms with Gasteiger partial charge in [0.05, 0.1) is 0 Å². The van der Waals surface area contributed by atoms with Gasteiger partial charge in [0.1, 0.15) is 11.4 Å². The summed E-state index contributed by atoms with van der Waals surface area (Å²) in [4.78, 5) is 14.2. The van der Waals surface area contributed by atoms with Crippen molar-refractivity contribution in [3.63, 3.8) is 0 Å². The normalized spacial score (nSPS) is 14.3. The largest absolute Gasteiger partial charge is 0.508 e. The first-order valence-electron chi connectivity index (χ1n) is 6.36. The van der Waals surface area contributed by atoms with E-state index in [1.54, 1.807) is 12.1 Å². The number of rotatable bonds is 1. The molecule has 0 saturated carbocycles. The molecule has 1 aliphatic rings. The standard InChI is InChI=1S/C15H16N2O2/c1-16-7-2-3-14(16)15(19)17-8-6-11-4-5-13(18)9-12(11)10-17/h2-5,7,9,18H,6,8,10H2,1H3. The number of benzene rings is 1. The number of amides is 1. The van der Waals surface area contributed by atoms with Crippen LogP contribution in [0, 0.1) is 0 Å². The molecule has 98 valence electrons. The second-order valence-corrected chi connectivity index (χ2v) is 4.93. The van der Waals surface area contributed by atoms with E-state index >= 15 is 0 Å². The number of phenols is 1. The lowest BCUT2D eigenvalue weighted by Gasteiger charge is -2.29. The molecule has 0 fully saturated rings. The third kappa shape index (κ3) is 2.10. The number of aromatic nitrogens is 1. The number of hydrogen-bond acceptors (Lipinski definition) is 2. The molecule has 2 heterocycles. The maximum atomic E-state index is 12.4. The van der Waals surface area contributed by atoms with Gasteiger partial charge in [-0.25, -0.2) is 0 Å². The van der Waals surface area contributed by atoms with E-state index < -0.39 is 0 Å². The van der Waals surface area contributed by atoms with Crippen molar-refractivity contribution in [2.45, 2.75) is 13.0 Å². The van der Waals surface area contributed by atoms with Gasteiger partial charge in [0.25, 0.3) is 5.91 Å². The van der Waals surface area contributed by atoms with Gasteiger partial charge in [-0.3, -0.25) is 4.79 Å². The first kappa shape index (κ1) is 11.8. The van der Waals surface area contributed by atoms with Crippen LogP contribution in [0.4, 0.5) is 0 Å². The summed E-state index contributed by atoms with van der Waals surface area (Å²) in [5.74, 6) is 0.299. The Morgan fingerprint density at radius 2 is 2.11 bits per heavy atom. The number of carbonyl (C=O) groups excluding carboxylic acids is 1. The predicted octanol–water partition coefficient (Wildman–Crippen LogP) is 1.93. The van der Waals surface area contributed by atoms with Crippen molar-refractivity contribution in [3.05, 3.63) is 53.3 Å². The molecule has 2 aromatic rings. The van der Waals surface area contributed by atoms with Gasteiger partial charge in [-0.2, -0.15) is 0 Å². The summed E-state index contributed by atoms with van der Waals surface area (Å²) in [5, 5.41) is 9.53. The van der Waals surface area contributed by atoms with E-state index in [1.807, 2.05) is 40.9 Å². The average molecular weight is 256 g/mol. The van der Waals surface area contributed by atoms with Crippen molar-refractivity contribution in [3.8, 4) is 5.75 Å². The molecular formula is C15H16N2O2. The number of aromatic hydroxyl groups is 1. The first-order valence-corrected chi connectivity index (χ1v) is 6.36. The van der Waals surface area contributed by atoms with Crippen LogP contribution in [-0.2, 0) is 20.0 Å². The zero-order valence-corrected chi connectivity index (χ0v) is 10.8. The van der Waals surface area contributed by atoms with Gasteiger partial charge in [-0.1, -0.05) is 6.07 Å². The van der Waals surface area contributed by atoms with E-state index in [0.717, 1.165) is 18.5 Å². The molecule has 0 bridgehead atoms. The molecule has 0 atom stereocenters. The van der Waals surface area contributed by atoms with Crippen LogP contribution in [0.1, 0.15) is 21.6 Å². The third-order valence-corrected chi connectivity index (χ3v) is 3.65. The summed E-state index contributed by atoms with van der Waals surface area (Å²) in [6.07, 6.45) is 2.71. The lowest BCUT2D eigenvalue weighted by atomic mass is 9.99. The summed E-state index contributed by atoms with van der Waals surface area (Å²) in [6, 6.07) is 9.10. The van der Waals surface area contributed by atoms with Gasteiger partial charge < -0.3 is 14.6 Å². The molecule has 1 amide bonds. The number of nitrogens with zero attached hydrogens (tertiary/aromatic N) is 2. The fourth-order valence-corrected chi connectivity index (χ4v) is 2.56. The van der Waals surface area contributed by atoms with Crippen LogP contribution in [0.25, 0.3) is 0 Å². The van der Waals surface area contributed by atoms with Crippen molar-refractivity contribution in [1.82, 2.24) is 9.47 Å². The Morgan fingerprint density at radius 3 is 2.84 bits per heavy atom. The number of phenolic OH excluding ortho intramolecular Hbond substituents is 1. The number of carbonyl (C=O) groups is 1. The topological polar surface area (TPSA) is 45.5 Å². The predicted molar refractivity (Wildman–Crippen MR) is 72.0 cm³/mol. The van der Waals surface area contributed by atoms with Crippen LogP contribution < -0.4 is 0 Å². The summed E-state index contributed by atoms with van der Waals surface area (Å²) in [7, 11) is 1.87. The molecular weight excluding hydrogens is 240 g/mol. The smallest absolute Gasteiger partial charge is 0.270 e. The molecule has 1 aromatic heterocycles. The van der Waals surface area contributed by atoms with Crippen molar-refractivity contribution >= 4 is 5.91 Å². The van der Waals surface area contributed by atoms with Crippen LogP contribution >= 0.6 is 0 Å². The van der Waals surface area contributed by atoms with E-state index in [4.69, 9.17) is 0 Å². The molecule has 0 unspecified atom stereocenters. The molecule has 0 saturated heterocycles. The van der Waals surface area contributed by atoms with Crippen LogP contribution in [0.15, 0.2) is 36.5 Å². The van der Waals surface area contributed by atoms with Crippen LogP contribution in [-0.4, -0.2) is 27.0 Å². The van der Waals surface area contributed by atoms with E-state index in [1.165, 1.54) is 5.56 Å². The molecule has 19 heavy (non-hydrogen) atoms. The minimum atomic E-state index is 0.0430. The van der Waals surface area contributed by atoms with Crippen molar-refractivity contribution < 1.29 is 9.90 Å². The molecule has 1 aliphatic heterocycles. The van der Waals surface area contributed by atoms with Crippen molar-refractivity contribution in [1.29, 1.82) is 0 Å².